The Bertz CT molecular complexity index is 2050. The average molecular weight is 683 g/mol. The molecule has 1 fully saturated rings. The summed E-state index contributed by atoms with van der Waals surface area (Å²) in [6.07, 6.45) is 5.09. The molecule has 0 radical (unpaired) electrons. The van der Waals surface area contributed by atoms with Crippen LogP contribution in [0.2, 0.25) is 19.6 Å². The minimum atomic E-state index is -2.01. The molecule has 2 aromatic heterocycles. The average Bonchev–Trinajstić information content (AvgIpc) is 3.48. The number of hydrogen-bond donors (Lipinski definition) is 0. The summed E-state index contributed by atoms with van der Waals surface area (Å²) in [4.78, 5) is 21.1. The first-order chi connectivity index (χ1) is 24.3. The second-order valence-electron chi connectivity index (χ2n) is 14.0. The van der Waals surface area contributed by atoms with Gasteiger partial charge in [0.15, 0.2) is 14.5 Å². The number of benzene rings is 4. The van der Waals surface area contributed by atoms with Gasteiger partial charge in [0.05, 0.1) is 59.8 Å². The number of carbonyl (C=O) groups excluding carboxylic acids is 1. The molecule has 1 saturated heterocycles. The molecule has 8 rings (SSSR count). The molecule has 2 aliphatic heterocycles. The van der Waals surface area contributed by atoms with Gasteiger partial charge in [-0.15, -0.1) is 0 Å². The molecule has 2 unspecified atom stereocenters. The van der Waals surface area contributed by atoms with Crippen molar-refractivity contribution in [2.45, 2.75) is 57.0 Å². The van der Waals surface area contributed by atoms with Crippen molar-refractivity contribution in [3.63, 3.8) is 0 Å². The van der Waals surface area contributed by atoms with E-state index >= 15 is 0 Å². The van der Waals surface area contributed by atoms with Crippen LogP contribution in [-0.2, 0) is 21.2 Å². The topological polar surface area (TPSA) is 70.5 Å². The number of hydrogen-bond acceptors (Lipinski definition) is 6. The predicted molar refractivity (Wildman–Crippen MR) is 197 cm³/mol. The van der Waals surface area contributed by atoms with Crippen LogP contribution >= 0.6 is 0 Å². The van der Waals surface area contributed by atoms with Gasteiger partial charge in [-0.25, -0.2) is 9.78 Å². The van der Waals surface area contributed by atoms with Crippen molar-refractivity contribution in [1.82, 2.24) is 19.0 Å². The van der Waals surface area contributed by atoms with Gasteiger partial charge in [-0.3, -0.25) is 4.90 Å². The van der Waals surface area contributed by atoms with Gasteiger partial charge in [0.2, 0.25) is 0 Å². The summed E-state index contributed by atoms with van der Waals surface area (Å²) < 4.78 is 23.0. The number of nitrogens with zero attached hydrogens (tertiary/aromatic N) is 4. The van der Waals surface area contributed by atoms with E-state index in [0.29, 0.717) is 17.9 Å². The summed E-state index contributed by atoms with van der Waals surface area (Å²) in [6.45, 7) is 9.38. The highest BCUT2D eigenvalue weighted by molar-refractivity contribution is 6.69. The van der Waals surface area contributed by atoms with Gasteiger partial charge < -0.3 is 23.0 Å². The molecule has 2 aliphatic rings. The molecule has 0 aliphatic carbocycles. The van der Waals surface area contributed by atoms with Crippen LogP contribution in [0, 0.1) is 0 Å². The Morgan fingerprint density at radius 3 is 2.02 bits per heavy atom. The zero-order valence-electron chi connectivity index (χ0n) is 29.1. The maximum Gasteiger partial charge on any atom is 0.340 e. The number of rotatable bonds is 11. The van der Waals surface area contributed by atoms with Crippen molar-refractivity contribution in [1.29, 1.82) is 0 Å². The second kappa shape index (κ2) is 12.4. The first-order valence-corrected chi connectivity index (χ1v) is 20.7. The first kappa shape index (κ1) is 32.3. The summed E-state index contributed by atoms with van der Waals surface area (Å²) >= 11 is 0. The van der Waals surface area contributed by atoms with E-state index in [1.165, 1.54) is 16.7 Å². The molecule has 8 nitrogen and oxygen atoms in total. The number of aromatic nitrogens is 3. The van der Waals surface area contributed by atoms with Gasteiger partial charge in [-0.05, 0) is 55.4 Å². The van der Waals surface area contributed by atoms with Gasteiger partial charge in [-0.2, -0.15) is 0 Å². The van der Waals surface area contributed by atoms with Gasteiger partial charge in [0, 0.05) is 24.5 Å². The normalized spacial score (nSPS) is 18.8. The number of ether oxygens (including phenoxy) is 2. The molecule has 0 N–H and O–H groups in total. The van der Waals surface area contributed by atoms with Crippen molar-refractivity contribution in [3.05, 3.63) is 155 Å². The molecule has 9 heteroatoms. The van der Waals surface area contributed by atoms with E-state index in [4.69, 9.17) is 13.9 Å². The zero-order valence-corrected chi connectivity index (χ0v) is 30.1. The number of methoxy groups -OCH3 is 1. The maximum atomic E-state index is 14.1. The molecule has 0 bridgehead atoms. The van der Waals surface area contributed by atoms with E-state index in [1.807, 2.05) is 23.8 Å². The van der Waals surface area contributed by atoms with Crippen molar-refractivity contribution >= 4 is 25.2 Å². The van der Waals surface area contributed by atoms with Gasteiger partial charge in [-0.1, -0.05) is 91.0 Å². The molecular weight excluding hydrogens is 641 g/mol. The monoisotopic (exact) mass is 682 g/mol. The minimum absolute atomic E-state index is 0.0433. The standard InChI is InChI=1S/C41H42N4O4Si/c1-6-48-40(46)36-35-32(24-28(25-34(35)47-2)39(49-50(3,4)5)43-23-22-42-27-43)44-26-33-37(38(36)44)45(33)41(29-16-10-7-11-17-29,30-18-12-8-13-19-30)31-20-14-9-15-21-31/h7-25,27,33,37,39H,6,26H2,1-5H3/t33-,37-,39?,45?/m0/s1. The molecule has 254 valence electrons. The summed E-state index contributed by atoms with van der Waals surface area (Å²) in [6, 6.07) is 36.5. The molecule has 0 saturated carbocycles. The Labute approximate surface area is 294 Å². The van der Waals surface area contributed by atoms with Crippen LogP contribution in [0.1, 0.15) is 57.5 Å². The second-order valence-corrected chi connectivity index (χ2v) is 18.5. The van der Waals surface area contributed by atoms with Crippen LogP contribution in [0.25, 0.3) is 10.9 Å². The van der Waals surface area contributed by atoms with Crippen LogP contribution in [0.3, 0.4) is 0 Å². The van der Waals surface area contributed by atoms with E-state index in [1.54, 1.807) is 19.6 Å². The minimum Gasteiger partial charge on any atom is -0.496 e. The Hall–Kier alpha value is -4.96. The highest BCUT2D eigenvalue weighted by atomic mass is 28.4. The molecule has 6 aromatic rings. The maximum absolute atomic E-state index is 14.1. The molecule has 4 heterocycles. The summed E-state index contributed by atoms with van der Waals surface area (Å²) in [5.74, 6) is 0.287. The van der Waals surface area contributed by atoms with E-state index in [0.717, 1.165) is 22.2 Å². The molecule has 4 aromatic carbocycles. The molecule has 4 atom stereocenters. The van der Waals surface area contributed by atoms with Crippen LogP contribution < -0.4 is 4.74 Å². The fourth-order valence-electron chi connectivity index (χ4n) is 8.15. The van der Waals surface area contributed by atoms with Crippen molar-refractivity contribution < 1.29 is 18.7 Å². The van der Waals surface area contributed by atoms with E-state index < -0.39 is 20.1 Å². The first-order valence-electron chi connectivity index (χ1n) is 17.3. The molecule has 50 heavy (non-hydrogen) atoms. The van der Waals surface area contributed by atoms with Gasteiger partial charge in [0.25, 0.3) is 0 Å². The fraction of sp³-hybridized carbons (Fsp3) is 0.268. The van der Waals surface area contributed by atoms with Gasteiger partial charge >= 0.3 is 5.97 Å². The third-order valence-corrected chi connectivity index (χ3v) is 10.9. The lowest BCUT2D eigenvalue weighted by molar-refractivity contribution is 0.0526. The fourth-order valence-corrected chi connectivity index (χ4v) is 9.08. The van der Waals surface area contributed by atoms with Crippen LogP contribution in [0.4, 0.5) is 0 Å². The van der Waals surface area contributed by atoms with E-state index in [2.05, 4.69) is 131 Å². The highest BCUT2D eigenvalue weighted by Gasteiger charge is 2.65. The number of imidazole rings is 1. The van der Waals surface area contributed by atoms with Crippen molar-refractivity contribution in [2.24, 2.45) is 0 Å². The lowest BCUT2D eigenvalue weighted by Gasteiger charge is -2.39. The number of carbonyl (C=O) groups is 1. The van der Waals surface area contributed by atoms with Gasteiger partial charge in [0.1, 0.15) is 5.75 Å². The van der Waals surface area contributed by atoms with E-state index in [9.17, 15) is 4.79 Å². The summed E-state index contributed by atoms with van der Waals surface area (Å²) in [5, 5.41) is 0.775. The quantitative estimate of drug-likeness (QED) is 0.0595. The number of esters is 1. The largest absolute Gasteiger partial charge is 0.496 e. The highest BCUT2D eigenvalue weighted by Crippen LogP contribution is 2.63. The van der Waals surface area contributed by atoms with Crippen molar-refractivity contribution in [2.75, 3.05) is 13.7 Å². The van der Waals surface area contributed by atoms with Crippen molar-refractivity contribution in [3.8, 4) is 5.75 Å². The van der Waals surface area contributed by atoms with Crippen LogP contribution in [0.15, 0.2) is 122 Å². The smallest absolute Gasteiger partial charge is 0.340 e. The van der Waals surface area contributed by atoms with Crippen LogP contribution in [-0.4, -0.2) is 53.1 Å². The Morgan fingerprint density at radius 2 is 1.52 bits per heavy atom. The third-order valence-electron chi connectivity index (χ3n) is 9.98. The number of fused-ring (bicyclic) bond motifs is 5. The lowest BCUT2D eigenvalue weighted by atomic mass is 9.76. The van der Waals surface area contributed by atoms with E-state index in [-0.39, 0.29) is 24.7 Å². The Balaban J connectivity index is 1.36. The predicted octanol–water partition coefficient (Wildman–Crippen LogP) is 8.15. The Kier molecular flexibility index (Phi) is 8.01. The van der Waals surface area contributed by atoms with Crippen LogP contribution in [0.5, 0.6) is 5.75 Å². The summed E-state index contributed by atoms with van der Waals surface area (Å²) in [7, 11) is -0.340. The molecule has 0 spiro atoms. The zero-order chi connectivity index (χ0) is 34.6. The molecule has 0 amide bonds. The Morgan fingerprint density at radius 1 is 0.920 bits per heavy atom. The SMILES string of the molecule is CCOC(=O)c1c2n(c3cc(C(O[Si](C)(C)C)n4ccnc4)cc(OC)c13)C[C@H]1[C@@H]2N1C(c1ccccc1)(c1ccccc1)c1ccccc1. The third kappa shape index (κ3) is 5.11. The lowest BCUT2D eigenvalue weighted by Crippen LogP contribution is -2.40. The molecular formula is C41H42N4O4Si. The summed E-state index contributed by atoms with van der Waals surface area (Å²) in [5.41, 5.74) is 6.37.